The third-order valence-electron chi connectivity index (χ3n) is 4.23. The molecule has 0 heterocycles. The van der Waals surface area contributed by atoms with Crippen LogP contribution in [0.15, 0.2) is 12.1 Å². The van der Waals surface area contributed by atoms with Gasteiger partial charge in [-0.15, -0.1) is 0 Å². The standard InChI is InChI=1S/C19H33NO3/c1-18(2,3)15-11-14(13-20(7-9-21)8-10-22)17(23)16(12-15)19(4,5)6/h11-12,21-23H,7-10,13H2,1-6H3/p+1. The molecule has 4 heteroatoms. The van der Waals surface area contributed by atoms with Crippen molar-refractivity contribution < 1.29 is 20.2 Å². The fourth-order valence-corrected chi connectivity index (χ4v) is 2.72. The Labute approximate surface area is 140 Å². The Morgan fingerprint density at radius 3 is 1.78 bits per heavy atom. The summed E-state index contributed by atoms with van der Waals surface area (Å²) in [5.74, 6) is 0.346. The predicted molar refractivity (Wildman–Crippen MR) is 94.1 cm³/mol. The van der Waals surface area contributed by atoms with Crippen LogP contribution in [0.25, 0.3) is 0 Å². The lowest BCUT2D eigenvalue weighted by atomic mass is 9.79. The molecule has 0 radical (unpaired) electrons. The number of phenols is 1. The predicted octanol–water partition coefficient (Wildman–Crippen LogP) is 1.36. The summed E-state index contributed by atoms with van der Waals surface area (Å²) >= 11 is 0. The van der Waals surface area contributed by atoms with Crippen LogP contribution in [-0.2, 0) is 17.4 Å². The van der Waals surface area contributed by atoms with Crippen LogP contribution in [0.2, 0.25) is 0 Å². The summed E-state index contributed by atoms with van der Waals surface area (Å²) < 4.78 is 0. The summed E-state index contributed by atoms with van der Waals surface area (Å²) in [7, 11) is 0. The van der Waals surface area contributed by atoms with Gasteiger partial charge in [-0.3, -0.25) is 0 Å². The van der Waals surface area contributed by atoms with Gasteiger partial charge in [0.05, 0.1) is 13.2 Å². The first-order valence-corrected chi connectivity index (χ1v) is 8.42. The first-order chi connectivity index (χ1) is 10.5. The molecular formula is C19H34NO3+. The van der Waals surface area contributed by atoms with Crippen molar-refractivity contribution in [3.63, 3.8) is 0 Å². The van der Waals surface area contributed by atoms with Gasteiger partial charge in [-0.05, 0) is 22.5 Å². The molecule has 1 rings (SSSR count). The number of aliphatic hydroxyl groups is 2. The second kappa shape index (κ2) is 7.65. The van der Waals surface area contributed by atoms with Gasteiger partial charge in [-0.1, -0.05) is 47.6 Å². The van der Waals surface area contributed by atoms with E-state index in [1.54, 1.807) is 0 Å². The highest BCUT2D eigenvalue weighted by Crippen LogP contribution is 2.37. The molecule has 0 aliphatic rings. The first-order valence-electron chi connectivity index (χ1n) is 8.42. The van der Waals surface area contributed by atoms with Gasteiger partial charge in [0.15, 0.2) is 0 Å². The number of hydrogen-bond acceptors (Lipinski definition) is 3. The van der Waals surface area contributed by atoms with E-state index >= 15 is 0 Å². The van der Waals surface area contributed by atoms with Crippen molar-refractivity contribution in [2.24, 2.45) is 0 Å². The zero-order valence-corrected chi connectivity index (χ0v) is 15.5. The molecule has 0 unspecified atom stereocenters. The minimum absolute atomic E-state index is 0.00340. The molecule has 0 saturated heterocycles. The minimum Gasteiger partial charge on any atom is -0.507 e. The zero-order valence-electron chi connectivity index (χ0n) is 15.5. The highest BCUT2D eigenvalue weighted by atomic mass is 16.3. The summed E-state index contributed by atoms with van der Waals surface area (Å²) in [4.78, 5) is 1.07. The van der Waals surface area contributed by atoms with E-state index in [9.17, 15) is 15.3 Å². The Morgan fingerprint density at radius 2 is 1.39 bits per heavy atom. The molecule has 0 spiro atoms. The average Bonchev–Trinajstić information content (AvgIpc) is 2.38. The average molecular weight is 324 g/mol. The number of nitrogens with one attached hydrogen (secondary N) is 1. The highest BCUT2D eigenvalue weighted by molar-refractivity contribution is 5.48. The van der Waals surface area contributed by atoms with Gasteiger partial charge in [0, 0.05) is 11.1 Å². The molecule has 0 aliphatic carbocycles. The van der Waals surface area contributed by atoms with E-state index in [-0.39, 0.29) is 24.0 Å². The number of quaternary nitrogens is 1. The van der Waals surface area contributed by atoms with Crippen LogP contribution < -0.4 is 4.90 Å². The monoisotopic (exact) mass is 324 g/mol. The fourth-order valence-electron chi connectivity index (χ4n) is 2.72. The molecule has 0 aromatic heterocycles. The summed E-state index contributed by atoms with van der Waals surface area (Å²) in [6.45, 7) is 14.7. The van der Waals surface area contributed by atoms with Gasteiger partial charge in [-0.2, -0.15) is 0 Å². The molecule has 132 valence electrons. The minimum atomic E-state index is -0.145. The van der Waals surface area contributed by atoms with Gasteiger partial charge in [0.25, 0.3) is 0 Å². The van der Waals surface area contributed by atoms with E-state index in [1.165, 1.54) is 5.56 Å². The van der Waals surface area contributed by atoms with E-state index in [4.69, 9.17) is 0 Å². The summed E-state index contributed by atoms with van der Waals surface area (Å²) in [6.07, 6.45) is 0. The van der Waals surface area contributed by atoms with Crippen LogP contribution in [0.5, 0.6) is 5.75 Å². The first kappa shape index (κ1) is 19.9. The quantitative estimate of drug-likeness (QED) is 0.639. The molecule has 0 atom stereocenters. The third kappa shape index (κ3) is 5.48. The van der Waals surface area contributed by atoms with Crippen molar-refractivity contribution in [2.75, 3.05) is 26.3 Å². The van der Waals surface area contributed by atoms with Crippen molar-refractivity contribution in [2.45, 2.75) is 58.9 Å². The Bertz CT molecular complexity index is 507. The lowest BCUT2D eigenvalue weighted by molar-refractivity contribution is -0.914. The second-order valence-corrected chi connectivity index (χ2v) is 8.41. The molecule has 0 fully saturated rings. The van der Waals surface area contributed by atoms with Gasteiger partial charge in [-0.25, -0.2) is 0 Å². The normalized spacial score (nSPS) is 12.9. The summed E-state index contributed by atoms with van der Waals surface area (Å²) in [5, 5.41) is 29.2. The van der Waals surface area contributed by atoms with Gasteiger partial charge < -0.3 is 20.2 Å². The number of aromatic hydroxyl groups is 1. The van der Waals surface area contributed by atoms with Crippen molar-refractivity contribution in [1.82, 2.24) is 0 Å². The second-order valence-electron chi connectivity index (χ2n) is 8.41. The molecule has 1 aromatic rings. The number of phenolic OH excluding ortho intramolecular Hbond substituents is 1. The van der Waals surface area contributed by atoms with E-state index < -0.39 is 0 Å². The maximum absolute atomic E-state index is 10.8. The lowest BCUT2D eigenvalue weighted by Gasteiger charge is -2.28. The van der Waals surface area contributed by atoms with Crippen LogP contribution in [-0.4, -0.2) is 41.6 Å². The van der Waals surface area contributed by atoms with Crippen LogP contribution in [0.3, 0.4) is 0 Å². The maximum Gasteiger partial charge on any atom is 0.128 e. The largest absolute Gasteiger partial charge is 0.507 e. The van der Waals surface area contributed by atoms with Crippen molar-refractivity contribution in [1.29, 1.82) is 0 Å². The molecule has 1 aromatic carbocycles. The molecule has 4 N–H and O–H groups in total. The van der Waals surface area contributed by atoms with Crippen molar-refractivity contribution >= 4 is 0 Å². The Morgan fingerprint density at radius 1 is 0.870 bits per heavy atom. The van der Waals surface area contributed by atoms with Gasteiger partial charge >= 0.3 is 0 Å². The van der Waals surface area contributed by atoms with Crippen LogP contribution in [0.1, 0.15) is 58.2 Å². The SMILES string of the molecule is CC(C)(C)c1cc(C[NH+](CCO)CCO)c(O)c(C(C)(C)C)c1. The number of rotatable bonds is 6. The third-order valence-corrected chi connectivity index (χ3v) is 4.23. The number of aliphatic hydroxyl groups excluding tert-OH is 2. The van der Waals surface area contributed by atoms with E-state index in [0.29, 0.717) is 25.4 Å². The van der Waals surface area contributed by atoms with Crippen LogP contribution in [0.4, 0.5) is 0 Å². The van der Waals surface area contributed by atoms with Crippen LogP contribution in [0, 0.1) is 0 Å². The molecular weight excluding hydrogens is 290 g/mol. The maximum atomic E-state index is 10.8. The molecule has 0 bridgehead atoms. The van der Waals surface area contributed by atoms with E-state index in [1.807, 2.05) is 0 Å². The molecule has 0 aliphatic heterocycles. The van der Waals surface area contributed by atoms with Crippen molar-refractivity contribution in [3.05, 3.63) is 28.8 Å². The highest BCUT2D eigenvalue weighted by Gasteiger charge is 2.26. The molecule has 0 saturated carbocycles. The number of benzene rings is 1. The smallest absolute Gasteiger partial charge is 0.128 e. The van der Waals surface area contributed by atoms with Gasteiger partial charge in [0.1, 0.15) is 25.4 Å². The summed E-state index contributed by atoms with van der Waals surface area (Å²) in [6, 6.07) is 4.18. The zero-order chi connectivity index (χ0) is 17.8. The Hall–Kier alpha value is -1.10. The Kier molecular flexibility index (Phi) is 6.63. The van der Waals surface area contributed by atoms with Crippen LogP contribution >= 0.6 is 0 Å². The molecule has 23 heavy (non-hydrogen) atoms. The topological polar surface area (TPSA) is 65.1 Å². The lowest BCUT2D eigenvalue weighted by Crippen LogP contribution is -3.11. The number of hydrogen-bond donors (Lipinski definition) is 4. The molecule has 0 amide bonds. The summed E-state index contributed by atoms with van der Waals surface area (Å²) in [5.41, 5.74) is 2.89. The molecule has 4 nitrogen and oxygen atoms in total. The van der Waals surface area contributed by atoms with Gasteiger partial charge in [0.2, 0.25) is 0 Å². The van der Waals surface area contributed by atoms with E-state index in [0.717, 1.165) is 16.0 Å². The van der Waals surface area contributed by atoms with E-state index in [2.05, 4.69) is 53.7 Å². The Balaban J connectivity index is 3.34. The van der Waals surface area contributed by atoms with Crippen molar-refractivity contribution in [3.8, 4) is 5.75 Å². The fraction of sp³-hybridized carbons (Fsp3) is 0.684.